The lowest BCUT2D eigenvalue weighted by molar-refractivity contribution is -0.116. The molecule has 0 aliphatic rings. The summed E-state index contributed by atoms with van der Waals surface area (Å²) in [5, 5.41) is 12.5. The van der Waals surface area contributed by atoms with Crippen molar-refractivity contribution in [2.24, 2.45) is 0 Å². The van der Waals surface area contributed by atoms with Gasteiger partial charge in [-0.05, 0) is 25.1 Å². The molecule has 0 spiro atoms. The van der Waals surface area contributed by atoms with Gasteiger partial charge in [0, 0.05) is 29.9 Å². The van der Waals surface area contributed by atoms with E-state index in [4.69, 9.17) is 5.73 Å². The molecule has 1 amide bonds. The molecule has 27 heavy (non-hydrogen) atoms. The van der Waals surface area contributed by atoms with Crippen LogP contribution in [0.1, 0.15) is 6.92 Å². The van der Waals surface area contributed by atoms with Crippen LogP contribution in [-0.2, 0) is 17.9 Å². The number of hydrogen-bond acceptors (Lipinski definition) is 6. The number of aryl methyl sites for hydroxylation is 1. The fourth-order valence-corrected chi connectivity index (χ4v) is 2.90. The van der Waals surface area contributed by atoms with Crippen LogP contribution in [0.2, 0.25) is 0 Å². The van der Waals surface area contributed by atoms with Crippen LogP contribution >= 0.6 is 0 Å². The molecule has 3 heterocycles. The molecule has 0 saturated heterocycles. The predicted octanol–water partition coefficient (Wildman–Crippen LogP) is 1.93. The number of carbonyl (C=O) groups excluding carboxylic acids is 1. The summed E-state index contributed by atoms with van der Waals surface area (Å²) >= 11 is 0. The number of fused-ring (bicyclic) bond motifs is 1. The van der Waals surface area contributed by atoms with Crippen molar-refractivity contribution in [1.82, 2.24) is 29.5 Å². The maximum atomic E-state index is 12.5. The number of nitrogens with two attached hydrogens (primary N) is 1. The number of nitrogens with zero attached hydrogens (tertiary/aromatic N) is 6. The average Bonchev–Trinajstić information content (AvgIpc) is 3.27. The molecule has 1 aromatic carbocycles. The van der Waals surface area contributed by atoms with Gasteiger partial charge in [0.2, 0.25) is 11.9 Å². The lowest BCUT2D eigenvalue weighted by atomic mass is 10.2. The van der Waals surface area contributed by atoms with Gasteiger partial charge in [-0.1, -0.05) is 12.1 Å². The molecule has 9 heteroatoms. The van der Waals surface area contributed by atoms with Crippen LogP contribution < -0.4 is 11.1 Å². The number of rotatable bonds is 5. The lowest BCUT2D eigenvalue weighted by Gasteiger charge is -2.03. The van der Waals surface area contributed by atoms with Gasteiger partial charge in [-0.15, -0.1) is 0 Å². The summed E-state index contributed by atoms with van der Waals surface area (Å²) in [5.41, 5.74) is 8.01. The summed E-state index contributed by atoms with van der Waals surface area (Å²) in [6.45, 7) is 2.80. The molecule has 0 atom stereocenters. The first-order valence-corrected chi connectivity index (χ1v) is 8.51. The van der Waals surface area contributed by atoms with E-state index >= 15 is 0 Å². The predicted molar refractivity (Wildman–Crippen MR) is 102 cm³/mol. The Labute approximate surface area is 154 Å². The second kappa shape index (κ2) is 6.87. The minimum atomic E-state index is -0.210. The van der Waals surface area contributed by atoms with E-state index in [1.165, 1.54) is 0 Å². The van der Waals surface area contributed by atoms with Crippen LogP contribution in [-0.4, -0.2) is 35.4 Å². The highest BCUT2D eigenvalue weighted by Gasteiger charge is 2.13. The molecular formula is C18H18N8O. The Balaban J connectivity index is 1.51. The SMILES string of the molecule is CCn1nc(NC(=O)Cn2cc(-c3ccnc(N)n3)cn2)c2ccccc21. The first-order chi connectivity index (χ1) is 13.1. The van der Waals surface area contributed by atoms with Crippen molar-refractivity contribution >= 4 is 28.6 Å². The van der Waals surface area contributed by atoms with Crippen molar-refractivity contribution in [1.29, 1.82) is 0 Å². The van der Waals surface area contributed by atoms with Gasteiger partial charge < -0.3 is 11.1 Å². The van der Waals surface area contributed by atoms with E-state index in [9.17, 15) is 4.79 Å². The number of anilines is 2. The van der Waals surface area contributed by atoms with E-state index in [2.05, 4.69) is 25.5 Å². The standard InChI is InChI=1S/C18H18N8O/c1-2-26-15-6-4-3-5-13(15)17(24-26)23-16(27)11-25-10-12(9-21-25)14-7-8-20-18(19)22-14/h3-10H,2,11H2,1H3,(H2,19,20,22)(H,23,24,27). The molecule has 0 aliphatic carbocycles. The molecule has 0 aliphatic heterocycles. The van der Waals surface area contributed by atoms with Crippen LogP contribution in [0.25, 0.3) is 22.2 Å². The Morgan fingerprint density at radius 2 is 2.11 bits per heavy atom. The molecular weight excluding hydrogens is 344 g/mol. The van der Waals surface area contributed by atoms with Crippen LogP contribution in [0.4, 0.5) is 11.8 Å². The number of nitrogens with one attached hydrogen (secondary N) is 1. The highest BCUT2D eigenvalue weighted by atomic mass is 16.2. The fourth-order valence-electron chi connectivity index (χ4n) is 2.90. The maximum absolute atomic E-state index is 12.5. The minimum absolute atomic E-state index is 0.0634. The Morgan fingerprint density at radius 3 is 2.93 bits per heavy atom. The fraction of sp³-hybridized carbons (Fsp3) is 0.167. The number of nitrogen functional groups attached to an aromatic ring is 1. The zero-order chi connectivity index (χ0) is 18.8. The molecule has 136 valence electrons. The number of aromatic nitrogens is 6. The van der Waals surface area contributed by atoms with Gasteiger partial charge in [-0.2, -0.15) is 10.2 Å². The molecule has 0 fully saturated rings. The molecule has 3 aromatic heterocycles. The van der Waals surface area contributed by atoms with E-state index < -0.39 is 0 Å². The van der Waals surface area contributed by atoms with Crippen molar-refractivity contribution in [3.05, 3.63) is 48.9 Å². The molecule has 0 bridgehead atoms. The second-order valence-electron chi connectivity index (χ2n) is 5.96. The highest BCUT2D eigenvalue weighted by Crippen LogP contribution is 2.22. The van der Waals surface area contributed by atoms with Gasteiger partial charge in [-0.25, -0.2) is 9.97 Å². The van der Waals surface area contributed by atoms with Crippen LogP contribution in [0.3, 0.4) is 0 Å². The van der Waals surface area contributed by atoms with Crippen molar-refractivity contribution in [2.75, 3.05) is 11.1 Å². The van der Waals surface area contributed by atoms with Gasteiger partial charge >= 0.3 is 0 Å². The number of carbonyl (C=O) groups is 1. The second-order valence-corrected chi connectivity index (χ2v) is 5.96. The van der Waals surface area contributed by atoms with Crippen molar-refractivity contribution in [2.45, 2.75) is 20.0 Å². The maximum Gasteiger partial charge on any atom is 0.247 e. The average molecular weight is 362 g/mol. The third kappa shape index (κ3) is 3.34. The van der Waals surface area contributed by atoms with E-state index in [0.29, 0.717) is 11.5 Å². The molecule has 0 unspecified atom stereocenters. The summed E-state index contributed by atoms with van der Waals surface area (Å²) in [5.74, 6) is 0.531. The Bertz CT molecular complexity index is 1110. The lowest BCUT2D eigenvalue weighted by Crippen LogP contribution is -2.19. The Hall–Kier alpha value is -3.75. The summed E-state index contributed by atoms with van der Waals surface area (Å²) in [6.07, 6.45) is 4.96. The zero-order valence-corrected chi connectivity index (χ0v) is 14.7. The molecule has 3 N–H and O–H groups in total. The van der Waals surface area contributed by atoms with Crippen molar-refractivity contribution < 1.29 is 4.79 Å². The Kier molecular flexibility index (Phi) is 4.25. The normalized spacial score (nSPS) is 11.0. The molecule has 9 nitrogen and oxygen atoms in total. The van der Waals surface area contributed by atoms with Crippen molar-refractivity contribution in [3.8, 4) is 11.3 Å². The third-order valence-corrected chi connectivity index (χ3v) is 4.12. The Morgan fingerprint density at radius 1 is 1.26 bits per heavy atom. The van der Waals surface area contributed by atoms with E-state index in [1.807, 2.05) is 35.9 Å². The summed E-state index contributed by atoms with van der Waals surface area (Å²) in [6, 6.07) is 9.53. The summed E-state index contributed by atoms with van der Waals surface area (Å²) in [7, 11) is 0. The summed E-state index contributed by atoms with van der Waals surface area (Å²) in [4.78, 5) is 20.5. The van der Waals surface area contributed by atoms with Crippen molar-refractivity contribution in [3.63, 3.8) is 0 Å². The number of para-hydroxylation sites is 1. The molecule has 4 aromatic rings. The highest BCUT2D eigenvalue weighted by molar-refractivity contribution is 5.99. The van der Waals surface area contributed by atoms with Crippen LogP contribution in [0.5, 0.6) is 0 Å². The monoisotopic (exact) mass is 362 g/mol. The zero-order valence-electron chi connectivity index (χ0n) is 14.7. The van der Waals surface area contributed by atoms with Gasteiger partial charge in [0.25, 0.3) is 0 Å². The summed E-state index contributed by atoms with van der Waals surface area (Å²) < 4.78 is 3.40. The van der Waals surface area contributed by atoms with Crippen LogP contribution in [0.15, 0.2) is 48.9 Å². The number of hydrogen-bond donors (Lipinski definition) is 2. The van der Waals surface area contributed by atoms with Gasteiger partial charge in [-0.3, -0.25) is 14.2 Å². The molecule has 4 rings (SSSR count). The smallest absolute Gasteiger partial charge is 0.247 e. The molecule has 0 saturated carbocycles. The molecule has 0 radical (unpaired) electrons. The van der Waals surface area contributed by atoms with Gasteiger partial charge in [0.05, 0.1) is 17.4 Å². The van der Waals surface area contributed by atoms with Gasteiger partial charge in [0.15, 0.2) is 5.82 Å². The minimum Gasteiger partial charge on any atom is -0.368 e. The number of amides is 1. The first-order valence-electron chi connectivity index (χ1n) is 8.51. The van der Waals surface area contributed by atoms with Crippen LogP contribution in [0, 0.1) is 0 Å². The van der Waals surface area contributed by atoms with E-state index in [1.54, 1.807) is 29.3 Å². The first kappa shape index (κ1) is 16.7. The quantitative estimate of drug-likeness (QED) is 0.560. The largest absolute Gasteiger partial charge is 0.368 e. The van der Waals surface area contributed by atoms with Gasteiger partial charge in [0.1, 0.15) is 6.54 Å². The third-order valence-electron chi connectivity index (χ3n) is 4.12. The van der Waals surface area contributed by atoms with E-state index in [-0.39, 0.29) is 18.4 Å². The topological polar surface area (TPSA) is 117 Å². The van der Waals surface area contributed by atoms with E-state index in [0.717, 1.165) is 23.0 Å². The number of benzene rings is 1.